The fourth-order valence-electron chi connectivity index (χ4n) is 2.09. The summed E-state index contributed by atoms with van der Waals surface area (Å²) >= 11 is 5.78. The maximum atomic E-state index is 5.78. The van der Waals surface area contributed by atoms with Crippen molar-refractivity contribution in [2.45, 2.75) is 32.6 Å². The second kappa shape index (κ2) is 4.79. The molecule has 82 valence electrons. The second-order valence-corrected chi connectivity index (χ2v) is 4.53. The van der Waals surface area contributed by atoms with Crippen LogP contribution in [0.5, 0.6) is 0 Å². The van der Waals surface area contributed by atoms with E-state index in [1.54, 1.807) is 0 Å². The summed E-state index contributed by atoms with van der Waals surface area (Å²) in [6.45, 7) is 2.93. The van der Waals surface area contributed by atoms with Crippen LogP contribution in [0.1, 0.15) is 31.4 Å². The van der Waals surface area contributed by atoms with E-state index in [9.17, 15) is 0 Å². The van der Waals surface area contributed by atoms with Crippen molar-refractivity contribution in [3.05, 3.63) is 17.0 Å². The van der Waals surface area contributed by atoms with Crippen molar-refractivity contribution in [3.8, 4) is 0 Å². The molecular weight excluding hydrogens is 210 g/mol. The van der Waals surface area contributed by atoms with Crippen molar-refractivity contribution < 1.29 is 0 Å². The molecule has 0 atom stereocenters. The molecule has 4 heteroatoms. The van der Waals surface area contributed by atoms with E-state index in [1.807, 2.05) is 13.0 Å². The summed E-state index contributed by atoms with van der Waals surface area (Å²) in [6.07, 6.45) is 5.42. The van der Waals surface area contributed by atoms with Crippen molar-refractivity contribution in [2.24, 2.45) is 5.92 Å². The van der Waals surface area contributed by atoms with E-state index in [1.165, 1.54) is 25.7 Å². The molecule has 0 spiro atoms. The molecular formula is C11H16ClN3. The number of aromatic nitrogens is 2. The predicted molar refractivity (Wildman–Crippen MR) is 62.2 cm³/mol. The van der Waals surface area contributed by atoms with Gasteiger partial charge < -0.3 is 5.32 Å². The molecule has 0 aromatic carbocycles. The second-order valence-electron chi connectivity index (χ2n) is 4.19. The molecule has 0 bridgehead atoms. The van der Waals surface area contributed by atoms with Gasteiger partial charge in [-0.05, 0) is 37.3 Å². The van der Waals surface area contributed by atoms with Crippen molar-refractivity contribution in [1.82, 2.24) is 9.97 Å². The molecule has 2 rings (SSSR count). The number of aryl methyl sites for hydroxylation is 1. The highest BCUT2D eigenvalue weighted by molar-refractivity contribution is 6.28. The third kappa shape index (κ3) is 3.06. The first-order chi connectivity index (χ1) is 7.24. The lowest BCUT2D eigenvalue weighted by Gasteiger charge is -2.11. The zero-order valence-corrected chi connectivity index (χ0v) is 9.72. The first-order valence-corrected chi connectivity index (χ1v) is 5.87. The Morgan fingerprint density at radius 2 is 2.13 bits per heavy atom. The average Bonchev–Trinajstić information content (AvgIpc) is 2.65. The number of rotatable bonds is 3. The quantitative estimate of drug-likeness (QED) is 0.804. The summed E-state index contributed by atoms with van der Waals surface area (Å²) in [5.41, 5.74) is 0.906. The molecule has 1 heterocycles. The molecule has 3 nitrogen and oxygen atoms in total. The monoisotopic (exact) mass is 225 g/mol. The van der Waals surface area contributed by atoms with Gasteiger partial charge in [0, 0.05) is 18.3 Å². The molecule has 0 amide bonds. The summed E-state index contributed by atoms with van der Waals surface area (Å²) in [4.78, 5) is 8.17. The lowest BCUT2D eigenvalue weighted by atomic mass is 10.1. The van der Waals surface area contributed by atoms with Gasteiger partial charge in [0.15, 0.2) is 0 Å². The Labute approximate surface area is 95.3 Å². The SMILES string of the molecule is Cc1cc(NCC2CCCC2)nc(Cl)n1. The van der Waals surface area contributed by atoms with Gasteiger partial charge in [-0.1, -0.05) is 12.8 Å². The Hall–Kier alpha value is -0.830. The van der Waals surface area contributed by atoms with Crippen LogP contribution in [0, 0.1) is 12.8 Å². The molecule has 1 N–H and O–H groups in total. The molecule has 0 aliphatic heterocycles. The van der Waals surface area contributed by atoms with Crippen LogP contribution in [0.25, 0.3) is 0 Å². The van der Waals surface area contributed by atoms with Gasteiger partial charge in [-0.3, -0.25) is 0 Å². The smallest absolute Gasteiger partial charge is 0.224 e. The topological polar surface area (TPSA) is 37.8 Å². The number of hydrogen-bond acceptors (Lipinski definition) is 3. The maximum Gasteiger partial charge on any atom is 0.224 e. The van der Waals surface area contributed by atoms with E-state index in [4.69, 9.17) is 11.6 Å². The summed E-state index contributed by atoms with van der Waals surface area (Å²) in [5, 5.41) is 3.66. The highest BCUT2D eigenvalue weighted by Gasteiger charge is 2.14. The van der Waals surface area contributed by atoms with Crippen LogP contribution < -0.4 is 5.32 Å². The molecule has 0 unspecified atom stereocenters. The molecule has 0 saturated heterocycles. The van der Waals surface area contributed by atoms with Crippen molar-refractivity contribution in [3.63, 3.8) is 0 Å². The van der Waals surface area contributed by atoms with E-state index >= 15 is 0 Å². The first kappa shape index (κ1) is 10.7. The number of anilines is 1. The van der Waals surface area contributed by atoms with Crippen LogP contribution in [-0.2, 0) is 0 Å². The van der Waals surface area contributed by atoms with Crippen LogP contribution in [0.3, 0.4) is 0 Å². The standard InChI is InChI=1S/C11H16ClN3/c1-8-6-10(15-11(12)14-8)13-7-9-4-2-3-5-9/h6,9H,2-5,7H2,1H3,(H,13,14,15). The fourth-order valence-corrected chi connectivity index (χ4v) is 2.31. The Bertz CT molecular complexity index is 314. The Morgan fingerprint density at radius 3 is 2.80 bits per heavy atom. The molecule has 1 aromatic rings. The minimum atomic E-state index is 0.323. The van der Waals surface area contributed by atoms with Gasteiger partial charge >= 0.3 is 0 Å². The number of nitrogens with zero attached hydrogens (tertiary/aromatic N) is 2. The maximum absolute atomic E-state index is 5.78. The summed E-state index contributed by atoms with van der Waals surface area (Å²) in [5.74, 6) is 1.65. The molecule has 1 aromatic heterocycles. The largest absolute Gasteiger partial charge is 0.370 e. The van der Waals surface area contributed by atoms with E-state index in [0.29, 0.717) is 5.28 Å². The van der Waals surface area contributed by atoms with Crippen molar-refractivity contribution >= 4 is 17.4 Å². The fraction of sp³-hybridized carbons (Fsp3) is 0.636. The Kier molecular flexibility index (Phi) is 3.41. The van der Waals surface area contributed by atoms with Gasteiger partial charge in [0.25, 0.3) is 0 Å². The third-order valence-corrected chi connectivity index (χ3v) is 3.04. The van der Waals surface area contributed by atoms with E-state index in [2.05, 4.69) is 15.3 Å². The Balaban J connectivity index is 1.92. The van der Waals surface area contributed by atoms with Crippen molar-refractivity contribution in [2.75, 3.05) is 11.9 Å². The molecule has 1 aliphatic carbocycles. The zero-order chi connectivity index (χ0) is 10.7. The minimum Gasteiger partial charge on any atom is -0.370 e. The van der Waals surface area contributed by atoms with Gasteiger partial charge in [-0.25, -0.2) is 9.97 Å². The van der Waals surface area contributed by atoms with Crippen LogP contribution in [0.15, 0.2) is 6.07 Å². The van der Waals surface area contributed by atoms with Crippen LogP contribution in [0.4, 0.5) is 5.82 Å². The first-order valence-electron chi connectivity index (χ1n) is 5.49. The Morgan fingerprint density at radius 1 is 1.40 bits per heavy atom. The lowest BCUT2D eigenvalue weighted by Crippen LogP contribution is -2.12. The zero-order valence-electron chi connectivity index (χ0n) is 8.96. The molecule has 15 heavy (non-hydrogen) atoms. The van der Waals surface area contributed by atoms with E-state index in [-0.39, 0.29) is 0 Å². The van der Waals surface area contributed by atoms with Crippen LogP contribution >= 0.6 is 11.6 Å². The van der Waals surface area contributed by atoms with Gasteiger partial charge in [-0.2, -0.15) is 0 Å². The molecule has 1 saturated carbocycles. The summed E-state index contributed by atoms with van der Waals surface area (Å²) < 4.78 is 0. The van der Waals surface area contributed by atoms with Gasteiger partial charge in [0.1, 0.15) is 5.82 Å². The lowest BCUT2D eigenvalue weighted by molar-refractivity contribution is 0.579. The van der Waals surface area contributed by atoms with Crippen LogP contribution in [0.2, 0.25) is 5.28 Å². The molecule has 0 radical (unpaired) electrons. The molecule has 1 aliphatic rings. The number of halogens is 1. The van der Waals surface area contributed by atoms with E-state index in [0.717, 1.165) is 24.0 Å². The van der Waals surface area contributed by atoms with Crippen molar-refractivity contribution in [1.29, 1.82) is 0 Å². The minimum absolute atomic E-state index is 0.323. The van der Waals surface area contributed by atoms with E-state index < -0.39 is 0 Å². The van der Waals surface area contributed by atoms with Gasteiger partial charge in [-0.15, -0.1) is 0 Å². The number of nitrogens with one attached hydrogen (secondary N) is 1. The molecule has 1 fully saturated rings. The predicted octanol–water partition coefficient (Wildman–Crippen LogP) is 3.04. The summed E-state index contributed by atoms with van der Waals surface area (Å²) in [7, 11) is 0. The third-order valence-electron chi connectivity index (χ3n) is 2.87. The highest BCUT2D eigenvalue weighted by atomic mass is 35.5. The normalized spacial score (nSPS) is 16.9. The summed E-state index contributed by atoms with van der Waals surface area (Å²) in [6, 6.07) is 1.93. The average molecular weight is 226 g/mol. The van der Waals surface area contributed by atoms with Crippen LogP contribution in [-0.4, -0.2) is 16.5 Å². The van der Waals surface area contributed by atoms with Gasteiger partial charge in [0.05, 0.1) is 0 Å². The van der Waals surface area contributed by atoms with Gasteiger partial charge in [0.2, 0.25) is 5.28 Å². The number of hydrogen-bond donors (Lipinski definition) is 1. The highest BCUT2D eigenvalue weighted by Crippen LogP contribution is 2.24.